The van der Waals surface area contributed by atoms with Gasteiger partial charge in [0, 0.05) is 6.20 Å². The second kappa shape index (κ2) is 8.82. The number of amides is 1. The Bertz CT molecular complexity index is 1300. The van der Waals surface area contributed by atoms with E-state index in [1.54, 1.807) is 31.4 Å². The molecule has 168 valence electrons. The first-order chi connectivity index (χ1) is 15.8. The zero-order valence-corrected chi connectivity index (χ0v) is 17.9. The van der Waals surface area contributed by atoms with Crippen molar-refractivity contribution in [1.29, 1.82) is 0 Å². The number of aryl methyl sites for hydroxylation is 1. The van der Waals surface area contributed by atoms with E-state index < -0.39 is 11.9 Å². The van der Waals surface area contributed by atoms with Gasteiger partial charge in [-0.15, -0.1) is 0 Å². The van der Waals surface area contributed by atoms with Crippen LogP contribution in [-0.4, -0.2) is 22.8 Å². The molecule has 1 aromatic heterocycles. The zero-order valence-electron chi connectivity index (χ0n) is 17.9. The van der Waals surface area contributed by atoms with Crippen molar-refractivity contribution in [1.82, 2.24) is 9.78 Å². The van der Waals surface area contributed by atoms with Crippen molar-refractivity contribution in [2.24, 2.45) is 0 Å². The predicted molar refractivity (Wildman–Crippen MR) is 120 cm³/mol. The smallest absolute Gasteiger partial charge is 0.435 e. The number of carbonyl (C=O) groups excluding carboxylic acids is 1. The van der Waals surface area contributed by atoms with Gasteiger partial charge in [-0.2, -0.15) is 18.3 Å². The zero-order chi connectivity index (χ0) is 23.6. The lowest BCUT2D eigenvalue weighted by Crippen LogP contribution is -2.16. The Kier molecular flexibility index (Phi) is 5.91. The Morgan fingerprint density at radius 1 is 0.970 bits per heavy atom. The van der Waals surface area contributed by atoms with Gasteiger partial charge in [-0.25, -0.2) is 4.68 Å². The normalized spacial score (nSPS) is 11.3. The van der Waals surface area contributed by atoms with Crippen LogP contribution in [-0.2, 0) is 6.18 Å². The number of alkyl halides is 3. The van der Waals surface area contributed by atoms with Crippen LogP contribution in [0.15, 0.2) is 79.0 Å². The molecule has 0 unspecified atom stereocenters. The quantitative estimate of drug-likeness (QED) is 0.397. The maximum atomic E-state index is 13.4. The molecular weight excluding hydrogens is 431 g/mol. The molecule has 1 amide bonds. The Labute approximate surface area is 188 Å². The molecule has 0 aliphatic carbocycles. The van der Waals surface area contributed by atoms with E-state index in [2.05, 4.69) is 10.4 Å². The predicted octanol–water partition coefficient (Wildman–Crippen LogP) is 6.13. The molecule has 0 aliphatic rings. The lowest BCUT2D eigenvalue weighted by atomic mass is 9.95. The van der Waals surface area contributed by atoms with Crippen LogP contribution < -0.4 is 10.1 Å². The van der Waals surface area contributed by atoms with E-state index in [0.29, 0.717) is 22.7 Å². The number of hydrogen-bond donors (Lipinski definition) is 1. The number of nitrogens with one attached hydrogen (secondary N) is 1. The highest BCUT2D eigenvalue weighted by atomic mass is 19.4. The number of benzene rings is 3. The Morgan fingerprint density at radius 3 is 2.36 bits per heavy atom. The standard InChI is InChI=1S/C25H20F3N3O2/c1-16-6-5-7-19(17-10-12-18(33-2)13-11-17)23(16)24(32)29-20-8-3-4-9-21(20)31-15-14-22(30-31)25(26,27)28/h3-15H,1-2H3,(H,29,32). The summed E-state index contributed by atoms with van der Waals surface area (Å²) in [5.74, 6) is 0.318. The Hall–Kier alpha value is -4.07. The van der Waals surface area contributed by atoms with Crippen LogP contribution in [0.4, 0.5) is 18.9 Å². The summed E-state index contributed by atoms with van der Waals surface area (Å²) >= 11 is 0. The first-order valence-electron chi connectivity index (χ1n) is 10.1. The molecule has 1 N–H and O–H groups in total. The fourth-order valence-corrected chi connectivity index (χ4v) is 3.55. The fourth-order valence-electron chi connectivity index (χ4n) is 3.55. The number of nitrogens with zero attached hydrogens (tertiary/aromatic N) is 2. The molecule has 0 atom stereocenters. The number of para-hydroxylation sites is 2. The van der Waals surface area contributed by atoms with Crippen molar-refractivity contribution in [2.45, 2.75) is 13.1 Å². The van der Waals surface area contributed by atoms with Crippen LogP contribution in [0.25, 0.3) is 16.8 Å². The van der Waals surface area contributed by atoms with Crippen LogP contribution in [0.2, 0.25) is 0 Å². The van der Waals surface area contributed by atoms with Crippen LogP contribution in [0, 0.1) is 6.92 Å². The van der Waals surface area contributed by atoms with E-state index in [0.717, 1.165) is 27.4 Å². The van der Waals surface area contributed by atoms with Gasteiger partial charge in [-0.3, -0.25) is 4.79 Å². The van der Waals surface area contributed by atoms with Gasteiger partial charge in [0.05, 0.1) is 24.0 Å². The van der Waals surface area contributed by atoms with Crippen molar-refractivity contribution < 1.29 is 22.7 Å². The number of anilines is 1. The molecule has 0 bridgehead atoms. The molecule has 0 spiro atoms. The summed E-state index contributed by atoms with van der Waals surface area (Å²) in [6.45, 7) is 1.83. The summed E-state index contributed by atoms with van der Waals surface area (Å²) in [6.07, 6.45) is -3.35. The van der Waals surface area contributed by atoms with Gasteiger partial charge in [-0.05, 0) is 53.9 Å². The molecule has 4 rings (SSSR count). The summed E-state index contributed by atoms with van der Waals surface area (Å²) in [5.41, 5.74) is 2.44. The average molecular weight is 451 g/mol. The SMILES string of the molecule is COc1ccc(-c2cccc(C)c2C(=O)Nc2ccccc2-n2ccc(C(F)(F)F)n2)cc1. The van der Waals surface area contributed by atoms with Crippen LogP contribution in [0.5, 0.6) is 5.75 Å². The second-order valence-electron chi connectivity index (χ2n) is 7.34. The third-order valence-corrected chi connectivity index (χ3v) is 5.18. The van der Waals surface area contributed by atoms with E-state index in [-0.39, 0.29) is 5.91 Å². The van der Waals surface area contributed by atoms with Crippen LogP contribution in [0.1, 0.15) is 21.6 Å². The number of aromatic nitrogens is 2. The molecule has 0 saturated carbocycles. The number of halogens is 3. The van der Waals surface area contributed by atoms with Crippen molar-refractivity contribution in [2.75, 3.05) is 12.4 Å². The molecule has 4 aromatic rings. The molecule has 3 aromatic carbocycles. The molecule has 1 heterocycles. The van der Waals surface area contributed by atoms with E-state index in [1.165, 1.54) is 6.20 Å². The second-order valence-corrected chi connectivity index (χ2v) is 7.34. The fraction of sp³-hybridized carbons (Fsp3) is 0.120. The van der Waals surface area contributed by atoms with Gasteiger partial charge in [-0.1, -0.05) is 42.5 Å². The van der Waals surface area contributed by atoms with Crippen LogP contribution in [0.3, 0.4) is 0 Å². The van der Waals surface area contributed by atoms with Gasteiger partial charge in [0.25, 0.3) is 5.91 Å². The number of carbonyl (C=O) groups is 1. The lowest BCUT2D eigenvalue weighted by Gasteiger charge is -2.15. The summed E-state index contributed by atoms with van der Waals surface area (Å²) in [5, 5.41) is 6.46. The summed E-state index contributed by atoms with van der Waals surface area (Å²) in [7, 11) is 1.58. The van der Waals surface area contributed by atoms with Gasteiger partial charge < -0.3 is 10.1 Å². The van der Waals surface area contributed by atoms with Crippen molar-refractivity contribution in [3.63, 3.8) is 0 Å². The third kappa shape index (κ3) is 4.59. The number of hydrogen-bond acceptors (Lipinski definition) is 3. The van der Waals surface area contributed by atoms with Crippen molar-refractivity contribution in [3.05, 3.63) is 95.8 Å². The Balaban J connectivity index is 1.70. The molecule has 0 aliphatic heterocycles. The molecule has 0 radical (unpaired) electrons. The van der Waals surface area contributed by atoms with E-state index in [9.17, 15) is 18.0 Å². The summed E-state index contributed by atoms with van der Waals surface area (Å²) < 4.78 is 45.3. The van der Waals surface area contributed by atoms with Gasteiger partial charge in [0.1, 0.15) is 5.75 Å². The van der Waals surface area contributed by atoms with E-state index in [1.807, 2.05) is 49.4 Å². The highest BCUT2D eigenvalue weighted by Crippen LogP contribution is 2.31. The molecule has 0 fully saturated rings. The largest absolute Gasteiger partial charge is 0.497 e. The molecule has 5 nitrogen and oxygen atoms in total. The van der Waals surface area contributed by atoms with E-state index in [4.69, 9.17) is 4.74 Å². The van der Waals surface area contributed by atoms with Crippen molar-refractivity contribution in [3.8, 4) is 22.6 Å². The highest BCUT2D eigenvalue weighted by Gasteiger charge is 2.33. The minimum absolute atomic E-state index is 0.320. The van der Waals surface area contributed by atoms with Crippen LogP contribution >= 0.6 is 0 Å². The highest BCUT2D eigenvalue weighted by molar-refractivity contribution is 6.10. The van der Waals surface area contributed by atoms with Crippen molar-refractivity contribution >= 4 is 11.6 Å². The maximum absolute atomic E-state index is 13.4. The molecular formula is C25H20F3N3O2. The average Bonchev–Trinajstić information content (AvgIpc) is 3.30. The summed E-state index contributed by atoms with van der Waals surface area (Å²) in [6, 6.07) is 20.3. The van der Waals surface area contributed by atoms with E-state index >= 15 is 0 Å². The van der Waals surface area contributed by atoms with Gasteiger partial charge in [0.15, 0.2) is 5.69 Å². The monoisotopic (exact) mass is 451 g/mol. The topological polar surface area (TPSA) is 56.1 Å². The first-order valence-corrected chi connectivity index (χ1v) is 10.1. The molecule has 8 heteroatoms. The minimum Gasteiger partial charge on any atom is -0.497 e. The summed E-state index contributed by atoms with van der Waals surface area (Å²) in [4.78, 5) is 13.4. The number of ether oxygens (including phenoxy) is 1. The Morgan fingerprint density at radius 2 is 1.70 bits per heavy atom. The number of rotatable bonds is 5. The minimum atomic E-state index is -4.56. The maximum Gasteiger partial charge on any atom is 0.435 e. The van der Waals surface area contributed by atoms with Gasteiger partial charge >= 0.3 is 6.18 Å². The number of methoxy groups -OCH3 is 1. The lowest BCUT2D eigenvalue weighted by molar-refractivity contribution is -0.141. The molecule has 0 saturated heterocycles. The first kappa shape index (κ1) is 22.1. The molecule has 33 heavy (non-hydrogen) atoms. The third-order valence-electron chi connectivity index (χ3n) is 5.18. The van der Waals surface area contributed by atoms with Gasteiger partial charge in [0.2, 0.25) is 0 Å².